The monoisotopic (exact) mass is 1580 g/mol. The van der Waals surface area contributed by atoms with Crippen LogP contribution in [-0.2, 0) is 74.9 Å². The summed E-state index contributed by atoms with van der Waals surface area (Å²) >= 11 is 0. The third kappa shape index (κ3) is 71.5. The van der Waals surface area contributed by atoms with E-state index in [9.17, 15) is 48.1 Å². The Kier molecular flexibility index (Phi) is 72.4. The molecule has 634 valence electrons. The Morgan fingerprint density at radius 3 is 0.981 bits per heavy atom. The number of carbonyl (C=O) groups is 6. The van der Waals surface area contributed by atoms with Gasteiger partial charge >= 0.3 is 27.1 Å². The second kappa shape index (κ2) is 74.8. The minimum absolute atomic E-state index is 0.0180. The fourth-order valence-corrected chi connectivity index (χ4v) is 14.1. The molecule has 0 aliphatic heterocycles. The first-order chi connectivity index (χ1) is 52.2. The molecule has 0 rings (SSSR count). The topological polar surface area (TPSA) is 299 Å². The summed E-state index contributed by atoms with van der Waals surface area (Å²) in [4.78, 5) is 79.1. The first-order valence-electron chi connectivity index (χ1n) is 43.3. The molecule has 6 N–H and O–H groups in total. The maximum atomic E-state index is 13.7. The summed E-state index contributed by atoms with van der Waals surface area (Å²) < 4.78 is 73.7. The molecular formula is C84H160N4O18P2. The highest BCUT2D eigenvalue weighted by Crippen LogP contribution is 2.44. The number of carbonyl (C=O) groups excluding carboxylic acids is 6. The van der Waals surface area contributed by atoms with Gasteiger partial charge in [-0.3, -0.25) is 37.9 Å². The Hall–Kier alpha value is -3.56. The van der Waals surface area contributed by atoms with Crippen LogP contribution in [0.15, 0.2) is 24.3 Å². The molecule has 0 saturated carbocycles. The van der Waals surface area contributed by atoms with Gasteiger partial charge in [-0.05, 0) is 116 Å². The zero-order valence-electron chi connectivity index (χ0n) is 69.5. The van der Waals surface area contributed by atoms with Crippen molar-refractivity contribution in [3.8, 4) is 0 Å². The van der Waals surface area contributed by atoms with E-state index in [1.165, 1.54) is 77.5 Å². The lowest BCUT2D eigenvalue weighted by molar-refractivity contribution is -0.152. The Morgan fingerprint density at radius 2 is 0.639 bits per heavy atom. The van der Waals surface area contributed by atoms with Gasteiger partial charge in [0.25, 0.3) is 0 Å². The van der Waals surface area contributed by atoms with Gasteiger partial charge in [-0.15, -0.1) is 0 Å². The number of aliphatic hydroxyl groups is 2. The van der Waals surface area contributed by atoms with Crippen LogP contribution in [0.1, 0.15) is 363 Å². The van der Waals surface area contributed by atoms with E-state index in [4.69, 9.17) is 37.0 Å². The summed E-state index contributed by atoms with van der Waals surface area (Å²) in [6.07, 6.45) is 48.9. The molecule has 0 fully saturated rings. The van der Waals surface area contributed by atoms with E-state index < -0.39 is 51.7 Å². The maximum Gasteiger partial charge on any atom is 0.327 e. The standard InChI is InChI=1S/C84H160N4O18P2/c1-9-15-21-27-29-31-33-39-49-57-83(95)105-77(53-45-37-25-19-13-5)67-81(93)87-73(69-99-63-59-75(89)51-43-35-23-17-11-3)71-103-107(7,97)101-65-61-85-79(91)55-47-41-42-48-56-80(92)86-62-66-102-108(8,98)104-72-74(70-100-64-60-76(90)52-44-36-24-18-12-4)88-82(94)68-78(54-46-38-26-20-14-6)106-84(96)58-50-40-34-32-30-28-22-16-10-2/h31-34,73-78,89-90H,9-30,35-72H2,1-8H3,(H,85,91)(H,86,92)(H,87,93)(H,88,94)/b33-31-,34-32-/t73?,74?,75?,76?,77-,78-,107?,108?/m1/s1. The number of amides is 4. The highest BCUT2D eigenvalue weighted by molar-refractivity contribution is 7.53. The van der Waals surface area contributed by atoms with Crippen molar-refractivity contribution in [3.63, 3.8) is 0 Å². The normalized spacial score (nSPS) is 14.6. The van der Waals surface area contributed by atoms with Gasteiger partial charge < -0.3 is 68.5 Å². The molecule has 6 unspecified atom stereocenters. The first kappa shape index (κ1) is 104. The molecule has 0 aromatic heterocycles. The van der Waals surface area contributed by atoms with Gasteiger partial charge in [0.15, 0.2) is 0 Å². The molecule has 0 heterocycles. The largest absolute Gasteiger partial charge is 0.462 e. The second-order valence-electron chi connectivity index (χ2n) is 29.8. The lowest BCUT2D eigenvalue weighted by Crippen LogP contribution is -2.43. The first-order valence-corrected chi connectivity index (χ1v) is 47.2. The molecule has 0 aliphatic carbocycles. The van der Waals surface area contributed by atoms with E-state index in [0.717, 1.165) is 141 Å². The van der Waals surface area contributed by atoms with Gasteiger partial charge in [0.05, 0.1) is 76.8 Å². The van der Waals surface area contributed by atoms with Crippen LogP contribution < -0.4 is 21.3 Å². The van der Waals surface area contributed by atoms with Crippen molar-refractivity contribution >= 4 is 50.8 Å². The zero-order chi connectivity index (χ0) is 79.7. The maximum absolute atomic E-state index is 13.7. The third-order valence-corrected chi connectivity index (χ3v) is 21.4. The van der Waals surface area contributed by atoms with Crippen molar-refractivity contribution in [3.05, 3.63) is 24.3 Å². The molecule has 24 heteroatoms. The average molecular weight is 1580 g/mol. The number of hydrogen-bond acceptors (Lipinski definition) is 18. The van der Waals surface area contributed by atoms with E-state index >= 15 is 0 Å². The van der Waals surface area contributed by atoms with Crippen molar-refractivity contribution < 1.29 is 85.2 Å². The van der Waals surface area contributed by atoms with Gasteiger partial charge in [-0.1, -0.05) is 233 Å². The fourth-order valence-electron chi connectivity index (χ4n) is 12.2. The lowest BCUT2D eigenvalue weighted by atomic mass is 10.1. The summed E-state index contributed by atoms with van der Waals surface area (Å²) in [5, 5.41) is 32.7. The number of esters is 2. The third-order valence-electron chi connectivity index (χ3n) is 18.9. The van der Waals surface area contributed by atoms with Gasteiger partial charge in [0.2, 0.25) is 23.6 Å². The van der Waals surface area contributed by atoms with Crippen LogP contribution in [0, 0.1) is 0 Å². The Morgan fingerprint density at radius 1 is 0.333 bits per heavy atom. The van der Waals surface area contributed by atoms with Crippen molar-refractivity contribution in [2.24, 2.45) is 0 Å². The van der Waals surface area contributed by atoms with Crippen LogP contribution >= 0.6 is 15.2 Å². The van der Waals surface area contributed by atoms with E-state index in [1.54, 1.807) is 0 Å². The van der Waals surface area contributed by atoms with Gasteiger partial charge in [-0.25, -0.2) is 0 Å². The van der Waals surface area contributed by atoms with Crippen LogP contribution in [0.4, 0.5) is 0 Å². The molecule has 8 atom stereocenters. The van der Waals surface area contributed by atoms with Gasteiger partial charge in [0.1, 0.15) is 12.2 Å². The van der Waals surface area contributed by atoms with E-state index in [0.29, 0.717) is 77.0 Å². The van der Waals surface area contributed by atoms with Crippen LogP contribution in [0.2, 0.25) is 0 Å². The molecule has 0 saturated heterocycles. The molecule has 0 radical (unpaired) electrons. The molecule has 0 aromatic carbocycles. The van der Waals surface area contributed by atoms with Crippen LogP contribution in [0.25, 0.3) is 0 Å². The number of nitrogens with one attached hydrogen (secondary N) is 4. The van der Waals surface area contributed by atoms with E-state index in [-0.39, 0.29) is 140 Å². The van der Waals surface area contributed by atoms with Crippen LogP contribution in [0.5, 0.6) is 0 Å². The number of allylic oxidation sites excluding steroid dienone is 4. The summed E-state index contributed by atoms with van der Waals surface area (Å²) in [5.41, 5.74) is 0. The number of rotatable bonds is 81. The van der Waals surface area contributed by atoms with E-state index in [2.05, 4.69) is 87.1 Å². The molecule has 4 amide bonds. The highest BCUT2D eigenvalue weighted by atomic mass is 31.2. The van der Waals surface area contributed by atoms with Crippen molar-refractivity contribution in [2.75, 3.05) is 79.3 Å². The Bertz CT molecular complexity index is 2180. The smallest absolute Gasteiger partial charge is 0.327 e. The number of aliphatic hydroxyl groups excluding tert-OH is 2. The summed E-state index contributed by atoms with van der Waals surface area (Å²) in [5.74, 6) is -1.79. The summed E-state index contributed by atoms with van der Waals surface area (Å²) in [7, 11) is -7.36. The Balaban J connectivity index is 5.31. The van der Waals surface area contributed by atoms with E-state index in [1.807, 2.05) is 0 Å². The van der Waals surface area contributed by atoms with Gasteiger partial charge in [-0.2, -0.15) is 0 Å². The SMILES string of the molecule is CCCCCC/C=C\CCCC(=O)O[C@H](CCCCCCC)CC(=O)NC(COCCC(O)CCCCCCC)COP(C)(=O)OCCNC(=O)CCCCCCC(=O)NCCOP(C)(=O)OCC(COCCC(O)CCCCCCC)NC(=O)C[C@@H](CCCCCCC)OC(=O)CCC/C=C\CCCCCC. The lowest BCUT2D eigenvalue weighted by Gasteiger charge is -2.23. The average Bonchev–Trinajstić information content (AvgIpc) is 0.907. The van der Waals surface area contributed by atoms with Crippen molar-refractivity contribution in [2.45, 2.75) is 399 Å². The molecule has 22 nitrogen and oxygen atoms in total. The fraction of sp³-hybridized carbons (Fsp3) is 0.881. The predicted octanol–water partition coefficient (Wildman–Crippen LogP) is 19.2. The molecular weight excluding hydrogens is 1410 g/mol. The molecule has 0 aromatic rings. The predicted molar refractivity (Wildman–Crippen MR) is 437 cm³/mol. The van der Waals surface area contributed by atoms with Crippen molar-refractivity contribution in [1.82, 2.24) is 21.3 Å². The summed E-state index contributed by atoms with van der Waals surface area (Å²) in [6.45, 7) is 15.8. The quantitative estimate of drug-likeness (QED) is 0.0143. The zero-order valence-corrected chi connectivity index (χ0v) is 71.3. The molecule has 108 heavy (non-hydrogen) atoms. The highest BCUT2D eigenvalue weighted by Gasteiger charge is 2.27. The minimum atomic E-state index is -3.68. The molecule has 0 aliphatic rings. The van der Waals surface area contributed by atoms with Crippen LogP contribution in [0.3, 0.4) is 0 Å². The number of unbranched alkanes of at least 4 members (excludes halogenated alkanes) is 29. The Labute approximate surface area is 656 Å². The second-order valence-corrected chi connectivity index (χ2v) is 34.0. The van der Waals surface area contributed by atoms with Crippen molar-refractivity contribution in [1.29, 1.82) is 0 Å². The molecule has 0 bridgehead atoms. The molecule has 0 spiro atoms. The minimum Gasteiger partial charge on any atom is -0.462 e. The van der Waals surface area contributed by atoms with Crippen LogP contribution in [-0.4, -0.2) is 162 Å². The number of hydrogen-bond donors (Lipinski definition) is 6. The summed E-state index contributed by atoms with van der Waals surface area (Å²) in [6, 6.07) is -1.47. The number of ether oxygens (including phenoxy) is 4. The van der Waals surface area contributed by atoms with Gasteiger partial charge in [0, 0.05) is 65.3 Å².